The lowest BCUT2D eigenvalue weighted by molar-refractivity contribution is 0.0916. The van der Waals surface area contributed by atoms with Crippen LogP contribution in [0.5, 0.6) is 0 Å². The summed E-state index contributed by atoms with van der Waals surface area (Å²) in [5.41, 5.74) is 2.89. The average molecular weight is 316 g/mol. The number of amides is 1. The van der Waals surface area contributed by atoms with Crippen LogP contribution in [0.25, 0.3) is 11.0 Å². The summed E-state index contributed by atoms with van der Waals surface area (Å²) in [6.07, 6.45) is 1.58. The second kappa shape index (κ2) is 6.17. The molecule has 1 atom stereocenters. The van der Waals surface area contributed by atoms with E-state index in [0.29, 0.717) is 10.6 Å². The van der Waals surface area contributed by atoms with E-state index in [1.807, 2.05) is 0 Å². The summed E-state index contributed by atoms with van der Waals surface area (Å²) in [6, 6.07) is 11.7. The number of imidazole rings is 1. The van der Waals surface area contributed by atoms with E-state index in [4.69, 9.17) is 11.6 Å². The lowest BCUT2D eigenvalue weighted by Gasteiger charge is -2.17. The molecule has 0 aliphatic heterocycles. The smallest absolute Gasteiger partial charge is 0.251 e. The molecule has 0 radical (unpaired) electrons. The zero-order valence-corrected chi connectivity index (χ0v) is 12.3. The Labute approximate surface area is 132 Å². The van der Waals surface area contributed by atoms with E-state index in [-0.39, 0.29) is 12.5 Å². The Balaban J connectivity index is 1.80. The molecule has 0 aliphatic rings. The van der Waals surface area contributed by atoms with E-state index >= 15 is 0 Å². The highest BCUT2D eigenvalue weighted by atomic mass is 35.5. The Morgan fingerprint density at radius 2 is 2.05 bits per heavy atom. The van der Waals surface area contributed by atoms with E-state index in [1.165, 1.54) is 0 Å². The lowest BCUT2D eigenvalue weighted by Crippen LogP contribution is -2.30. The molecule has 0 aliphatic carbocycles. The van der Waals surface area contributed by atoms with Crippen LogP contribution in [0.4, 0.5) is 0 Å². The second-order valence-corrected chi connectivity index (χ2v) is 5.33. The third kappa shape index (κ3) is 2.95. The third-order valence-electron chi connectivity index (χ3n) is 3.44. The van der Waals surface area contributed by atoms with Crippen LogP contribution in [0, 0.1) is 0 Å². The van der Waals surface area contributed by atoms with Crippen molar-refractivity contribution in [2.24, 2.45) is 0 Å². The van der Waals surface area contributed by atoms with Gasteiger partial charge in [-0.1, -0.05) is 23.7 Å². The normalized spacial score (nSPS) is 12.3. The van der Waals surface area contributed by atoms with Gasteiger partial charge in [-0.3, -0.25) is 4.79 Å². The highest BCUT2D eigenvalue weighted by molar-refractivity contribution is 6.30. The Hall–Kier alpha value is -2.37. The number of hydrogen-bond donors (Lipinski definition) is 3. The van der Waals surface area contributed by atoms with Gasteiger partial charge in [0.2, 0.25) is 0 Å². The van der Waals surface area contributed by atoms with Gasteiger partial charge in [0.05, 0.1) is 30.0 Å². The van der Waals surface area contributed by atoms with E-state index in [9.17, 15) is 9.90 Å². The molecule has 0 saturated heterocycles. The molecule has 1 aromatic heterocycles. The van der Waals surface area contributed by atoms with E-state index in [0.717, 1.165) is 16.6 Å². The summed E-state index contributed by atoms with van der Waals surface area (Å²) < 4.78 is 0. The quantitative estimate of drug-likeness (QED) is 0.692. The number of benzene rings is 2. The molecule has 0 saturated carbocycles. The largest absolute Gasteiger partial charge is 0.394 e. The Morgan fingerprint density at radius 3 is 2.77 bits per heavy atom. The fourth-order valence-electron chi connectivity index (χ4n) is 2.25. The van der Waals surface area contributed by atoms with Crippen molar-refractivity contribution in [3.63, 3.8) is 0 Å². The van der Waals surface area contributed by atoms with Crippen LogP contribution in [0.1, 0.15) is 22.0 Å². The topological polar surface area (TPSA) is 78.0 Å². The molecule has 0 fully saturated rings. The second-order valence-electron chi connectivity index (χ2n) is 4.89. The van der Waals surface area contributed by atoms with Gasteiger partial charge in [-0.2, -0.15) is 0 Å². The molecule has 112 valence electrons. The third-order valence-corrected chi connectivity index (χ3v) is 3.69. The molecule has 3 aromatic rings. The highest BCUT2D eigenvalue weighted by Crippen LogP contribution is 2.18. The number of aliphatic hydroxyl groups is 1. The van der Waals surface area contributed by atoms with Gasteiger partial charge < -0.3 is 15.4 Å². The molecule has 1 unspecified atom stereocenters. The first-order chi connectivity index (χ1) is 10.7. The summed E-state index contributed by atoms with van der Waals surface area (Å²) in [4.78, 5) is 19.4. The number of nitrogens with zero attached hydrogens (tertiary/aromatic N) is 1. The predicted octanol–water partition coefficient (Wildman–Crippen LogP) is 2.68. The summed E-state index contributed by atoms with van der Waals surface area (Å²) in [6.45, 7) is -0.195. The number of rotatable bonds is 4. The number of aromatic nitrogens is 2. The first kappa shape index (κ1) is 14.6. The molecule has 22 heavy (non-hydrogen) atoms. The van der Waals surface area contributed by atoms with E-state index < -0.39 is 6.04 Å². The summed E-state index contributed by atoms with van der Waals surface area (Å²) >= 11 is 5.85. The van der Waals surface area contributed by atoms with Gasteiger partial charge in [0.1, 0.15) is 0 Å². The molecule has 3 rings (SSSR count). The van der Waals surface area contributed by atoms with Gasteiger partial charge >= 0.3 is 0 Å². The summed E-state index contributed by atoms with van der Waals surface area (Å²) in [5.74, 6) is -0.259. The first-order valence-corrected chi connectivity index (χ1v) is 7.15. The predicted molar refractivity (Wildman–Crippen MR) is 84.8 cm³/mol. The highest BCUT2D eigenvalue weighted by Gasteiger charge is 2.15. The molecule has 5 nitrogen and oxygen atoms in total. The fourth-order valence-corrected chi connectivity index (χ4v) is 2.37. The number of carbonyl (C=O) groups excluding carboxylic acids is 1. The van der Waals surface area contributed by atoms with Crippen LogP contribution in [0.3, 0.4) is 0 Å². The van der Waals surface area contributed by atoms with Crippen molar-refractivity contribution in [3.8, 4) is 0 Å². The standard InChI is InChI=1S/C16H14ClN3O2/c17-12-4-1-10(2-5-12)15(8-21)20-16(22)11-3-6-13-14(7-11)19-9-18-13/h1-7,9,15,21H,8H2,(H,18,19)(H,20,22). The molecular formula is C16H14ClN3O2. The molecular weight excluding hydrogens is 302 g/mol. The molecule has 2 aromatic carbocycles. The van der Waals surface area contributed by atoms with Crippen molar-refractivity contribution < 1.29 is 9.90 Å². The first-order valence-electron chi connectivity index (χ1n) is 6.77. The maximum atomic E-state index is 12.3. The van der Waals surface area contributed by atoms with Crippen molar-refractivity contribution in [1.82, 2.24) is 15.3 Å². The number of H-pyrrole nitrogens is 1. The maximum absolute atomic E-state index is 12.3. The van der Waals surface area contributed by atoms with Crippen LogP contribution in [-0.2, 0) is 0 Å². The Bertz CT molecular complexity index is 799. The van der Waals surface area contributed by atoms with Crippen molar-refractivity contribution in [1.29, 1.82) is 0 Å². The van der Waals surface area contributed by atoms with E-state index in [1.54, 1.807) is 48.8 Å². The summed E-state index contributed by atoms with van der Waals surface area (Å²) in [7, 11) is 0. The van der Waals surface area contributed by atoms with Crippen molar-refractivity contribution in [3.05, 3.63) is 64.9 Å². The van der Waals surface area contributed by atoms with Crippen molar-refractivity contribution >= 4 is 28.5 Å². The molecule has 0 spiro atoms. The molecule has 3 N–H and O–H groups in total. The average Bonchev–Trinajstić information content (AvgIpc) is 3.01. The monoisotopic (exact) mass is 315 g/mol. The molecule has 1 amide bonds. The van der Waals surface area contributed by atoms with Crippen LogP contribution in [0.2, 0.25) is 5.02 Å². The van der Waals surface area contributed by atoms with Gasteiger partial charge in [-0.15, -0.1) is 0 Å². The molecule has 1 heterocycles. The SMILES string of the molecule is O=C(NC(CO)c1ccc(Cl)cc1)c1ccc2nc[nH]c2c1. The lowest BCUT2D eigenvalue weighted by atomic mass is 10.1. The molecule has 0 bridgehead atoms. The fraction of sp³-hybridized carbons (Fsp3) is 0.125. The van der Waals surface area contributed by atoms with Crippen molar-refractivity contribution in [2.75, 3.05) is 6.61 Å². The minimum absolute atomic E-state index is 0.195. The number of hydrogen-bond acceptors (Lipinski definition) is 3. The number of aliphatic hydroxyl groups excluding tert-OH is 1. The zero-order chi connectivity index (χ0) is 15.5. The van der Waals surface area contributed by atoms with Crippen LogP contribution in [-0.4, -0.2) is 27.6 Å². The van der Waals surface area contributed by atoms with Gasteiger partial charge in [-0.25, -0.2) is 4.98 Å². The zero-order valence-electron chi connectivity index (χ0n) is 11.6. The van der Waals surface area contributed by atoms with Crippen LogP contribution in [0.15, 0.2) is 48.8 Å². The number of halogens is 1. The maximum Gasteiger partial charge on any atom is 0.251 e. The van der Waals surface area contributed by atoms with Gasteiger partial charge in [0.25, 0.3) is 5.91 Å². The molecule has 6 heteroatoms. The van der Waals surface area contributed by atoms with Gasteiger partial charge in [0.15, 0.2) is 0 Å². The summed E-state index contributed by atoms with van der Waals surface area (Å²) in [5, 5.41) is 12.9. The Morgan fingerprint density at radius 1 is 1.27 bits per heavy atom. The van der Waals surface area contributed by atoms with Crippen molar-refractivity contribution in [2.45, 2.75) is 6.04 Å². The number of aromatic amines is 1. The minimum Gasteiger partial charge on any atom is -0.394 e. The van der Waals surface area contributed by atoms with E-state index in [2.05, 4.69) is 15.3 Å². The van der Waals surface area contributed by atoms with Crippen LogP contribution < -0.4 is 5.32 Å². The van der Waals surface area contributed by atoms with Gasteiger partial charge in [-0.05, 0) is 35.9 Å². The number of carbonyl (C=O) groups is 1. The van der Waals surface area contributed by atoms with Gasteiger partial charge in [0, 0.05) is 10.6 Å². The minimum atomic E-state index is -0.484. The van der Waals surface area contributed by atoms with Crippen LogP contribution >= 0.6 is 11.6 Å². The number of fused-ring (bicyclic) bond motifs is 1. The Kier molecular flexibility index (Phi) is 4.09. The number of nitrogens with one attached hydrogen (secondary N) is 2.